The third-order valence-electron chi connectivity index (χ3n) is 3.52. The predicted molar refractivity (Wildman–Crippen MR) is 63.5 cm³/mol. The van der Waals surface area contributed by atoms with Crippen LogP contribution < -0.4 is 0 Å². The highest BCUT2D eigenvalue weighted by atomic mass is 16.4. The quantitative estimate of drug-likeness (QED) is 0.853. The fourth-order valence-electron chi connectivity index (χ4n) is 2.27. The van der Waals surface area contributed by atoms with Crippen LogP contribution in [0, 0.1) is 11.8 Å². The molecule has 5 heteroatoms. The van der Waals surface area contributed by atoms with Crippen molar-refractivity contribution < 1.29 is 9.90 Å². The minimum atomic E-state index is -0.791. The molecule has 1 fully saturated rings. The van der Waals surface area contributed by atoms with E-state index in [1.54, 1.807) is 24.1 Å². The zero-order valence-electron chi connectivity index (χ0n) is 10.5. The van der Waals surface area contributed by atoms with Crippen molar-refractivity contribution in [2.45, 2.75) is 19.9 Å². The normalized spacial score (nSPS) is 19.3. The molecular weight excluding hydrogens is 218 g/mol. The van der Waals surface area contributed by atoms with Crippen LogP contribution in [0.1, 0.15) is 25.5 Å². The van der Waals surface area contributed by atoms with Crippen molar-refractivity contribution in [3.63, 3.8) is 0 Å². The lowest BCUT2D eigenvalue weighted by atomic mass is 9.86. The molecule has 0 amide bonds. The molecule has 0 aliphatic carbocycles. The lowest BCUT2D eigenvalue weighted by Crippen LogP contribution is -2.52. The summed E-state index contributed by atoms with van der Waals surface area (Å²) >= 11 is 0. The molecule has 0 saturated carbocycles. The van der Waals surface area contributed by atoms with Gasteiger partial charge in [0, 0.05) is 31.9 Å². The van der Waals surface area contributed by atoms with Crippen LogP contribution in [0.4, 0.5) is 0 Å². The second kappa shape index (κ2) is 4.49. The molecule has 0 radical (unpaired) electrons. The monoisotopic (exact) mass is 237 g/mol. The van der Waals surface area contributed by atoms with Gasteiger partial charge in [-0.15, -0.1) is 0 Å². The second-order valence-corrected chi connectivity index (χ2v) is 5.15. The third kappa shape index (κ3) is 2.34. The number of carboxylic acids is 1. The number of aryl methyl sites for hydroxylation is 1. The third-order valence-corrected chi connectivity index (χ3v) is 3.52. The van der Waals surface area contributed by atoms with E-state index in [-0.39, 0.29) is 0 Å². The van der Waals surface area contributed by atoms with E-state index in [1.807, 2.05) is 4.90 Å². The summed E-state index contributed by atoms with van der Waals surface area (Å²) in [6.45, 7) is 6.09. The Morgan fingerprint density at radius 3 is 2.59 bits per heavy atom. The number of carboxylic acid groups (broad SMARTS) is 1. The molecule has 2 heterocycles. The summed E-state index contributed by atoms with van der Waals surface area (Å²) in [5, 5.41) is 13.4. The highest BCUT2D eigenvalue weighted by molar-refractivity contribution is 5.75. The smallest absolute Gasteiger partial charge is 0.325 e. The maximum Gasteiger partial charge on any atom is 0.325 e. The van der Waals surface area contributed by atoms with Gasteiger partial charge in [0.2, 0.25) is 0 Å². The first-order chi connectivity index (χ1) is 7.99. The van der Waals surface area contributed by atoms with Crippen molar-refractivity contribution in [1.82, 2.24) is 14.7 Å². The van der Waals surface area contributed by atoms with E-state index in [2.05, 4.69) is 18.9 Å². The zero-order valence-corrected chi connectivity index (χ0v) is 10.5. The van der Waals surface area contributed by atoms with E-state index in [9.17, 15) is 9.90 Å². The summed E-state index contributed by atoms with van der Waals surface area (Å²) < 4.78 is 1.64. The van der Waals surface area contributed by atoms with Gasteiger partial charge in [0.25, 0.3) is 0 Å². The SMILES string of the molecule is CC(C)C1CN(C(C(=O)O)c2cnn(C)c2)C1. The van der Waals surface area contributed by atoms with Gasteiger partial charge in [0.05, 0.1) is 6.20 Å². The molecule has 17 heavy (non-hydrogen) atoms. The Morgan fingerprint density at radius 1 is 1.53 bits per heavy atom. The van der Waals surface area contributed by atoms with Gasteiger partial charge in [-0.25, -0.2) is 0 Å². The molecule has 1 aliphatic heterocycles. The van der Waals surface area contributed by atoms with Crippen LogP contribution in [0.25, 0.3) is 0 Å². The number of hydrogen-bond donors (Lipinski definition) is 1. The van der Waals surface area contributed by atoms with Crippen molar-refractivity contribution in [3.8, 4) is 0 Å². The van der Waals surface area contributed by atoms with Gasteiger partial charge in [0.15, 0.2) is 0 Å². The second-order valence-electron chi connectivity index (χ2n) is 5.15. The summed E-state index contributed by atoms with van der Waals surface area (Å²) in [6.07, 6.45) is 3.42. The van der Waals surface area contributed by atoms with E-state index in [0.29, 0.717) is 11.8 Å². The Morgan fingerprint density at radius 2 is 2.18 bits per heavy atom. The minimum Gasteiger partial charge on any atom is -0.480 e. The van der Waals surface area contributed by atoms with Gasteiger partial charge in [-0.3, -0.25) is 14.4 Å². The van der Waals surface area contributed by atoms with Gasteiger partial charge < -0.3 is 5.11 Å². The summed E-state index contributed by atoms with van der Waals surface area (Å²) in [5.41, 5.74) is 0.766. The Kier molecular flexibility index (Phi) is 3.19. The van der Waals surface area contributed by atoms with E-state index < -0.39 is 12.0 Å². The van der Waals surface area contributed by atoms with Crippen LogP contribution >= 0.6 is 0 Å². The summed E-state index contributed by atoms with van der Waals surface area (Å²) in [7, 11) is 1.80. The van der Waals surface area contributed by atoms with Crippen molar-refractivity contribution in [2.75, 3.05) is 13.1 Å². The molecule has 1 atom stereocenters. The number of rotatable bonds is 4. The van der Waals surface area contributed by atoms with Gasteiger partial charge in [-0.2, -0.15) is 5.10 Å². The number of nitrogens with zero attached hydrogens (tertiary/aromatic N) is 3. The van der Waals surface area contributed by atoms with E-state index >= 15 is 0 Å². The Hall–Kier alpha value is -1.36. The molecular formula is C12H19N3O2. The van der Waals surface area contributed by atoms with Crippen LogP contribution in [0.2, 0.25) is 0 Å². The molecule has 5 nitrogen and oxygen atoms in total. The largest absolute Gasteiger partial charge is 0.480 e. The summed E-state index contributed by atoms with van der Waals surface area (Å²) in [5.74, 6) is 0.448. The number of aromatic nitrogens is 2. The number of hydrogen-bond acceptors (Lipinski definition) is 3. The van der Waals surface area contributed by atoms with Gasteiger partial charge in [0.1, 0.15) is 6.04 Å². The molecule has 2 rings (SSSR count). The maximum atomic E-state index is 11.3. The highest BCUT2D eigenvalue weighted by Gasteiger charge is 2.38. The Balaban J connectivity index is 2.08. The van der Waals surface area contributed by atoms with Crippen LogP contribution in [0.15, 0.2) is 12.4 Å². The molecule has 0 bridgehead atoms. The van der Waals surface area contributed by atoms with E-state index in [4.69, 9.17) is 0 Å². The lowest BCUT2D eigenvalue weighted by Gasteiger charge is -2.44. The van der Waals surface area contributed by atoms with Crippen molar-refractivity contribution in [1.29, 1.82) is 0 Å². The number of aliphatic carboxylic acids is 1. The maximum absolute atomic E-state index is 11.3. The molecule has 1 aromatic heterocycles. The molecule has 1 unspecified atom stereocenters. The minimum absolute atomic E-state index is 0.543. The van der Waals surface area contributed by atoms with E-state index in [1.165, 1.54) is 0 Å². The number of likely N-dealkylation sites (tertiary alicyclic amines) is 1. The molecule has 0 spiro atoms. The Bertz CT molecular complexity index is 408. The lowest BCUT2D eigenvalue weighted by molar-refractivity contribution is -0.147. The van der Waals surface area contributed by atoms with Gasteiger partial charge >= 0.3 is 5.97 Å². The van der Waals surface area contributed by atoms with Gasteiger partial charge in [-0.05, 0) is 11.8 Å². The van der Waals surface area contributed by atoms with Crippen molar-refractivity contribution >= 4 is 5.97 Å². The first-order valence-corrected chi connectivity index (χ1v) is 5.94. The summed E-state index contributed by atoms with van der Waals surface area (Å²) in [6, 6.07) is -0.543. The standard InChI is InChI=1S/C12H19N3O2/c1-8(2)10-6-15(7-10)11(12(16)17)9-4-13-14(3)5-9/h4-5,8,10-11H,6-7H2,1-3H3,(H,16,17). The van der Waals surface area contributed by atoms with Crippen LogP contribution in [0.5, 0.6) is 0 Å². The van der Waals surface area contributed by atoms with Crippen LogP contribution in [0.3, 0.4) is 0 Å². The first kappa shape index (κ1) is 12.1. The summed E-state index contributed by atoms with van der Waals surface area (Å²) in [4.78, 5) is 13.3. The number of carbonyl (C=O) groups is 1. The molecule has 1 aliphatic rings. The van der Waals surface area contributed by atoms with Crippen LogP contribution in [-0.2, 0) is 11.8 Å². The van der Waals surface area contributed by atoms with Gasteiger partial charge in [-0.1, -0.05) is 13.8 Å². The Labute approximate surface area is 101 Å². The first-order valence-electron chi connectivity index (χ1n) is 5.94. The fraction of sp³-hybridized carbons (Fsp3) is 0.667. The molecule has 0 aromatic carbocycles. The topological polar surface area (TPSA) is 58.4 Å². The zero-order chi connectivity index (χ0) is 12.6. The van der Waals surface area contributed by atoms with E-state index in [0.717, 1.165) is 18.7 Å². The molecule has 1 aromatic rings. The molecule has 1 N–H and O–H groups in total. The fourth-order valence-corrected chi connectivity index (χ4v) is 2.27. The highest BCUT2D eigenvalue weighted by Crippen LogP contribution is 2.32. The molecule has 94 valence electrons. The average molecular weight is 237 g/mol. The molecule has 1 saturated heterocycles. The van der Waals surface area contributed by atoms with Crippen LogP contribution in [-0.4, -0.2) is 38.8 Å². The van der Waals surface area contributed by atoms with Crippen molar-refractivity contribution in [3.05, 3.63) is 18.0 Å². The van der Waals surface area contributed by atoms with Crippen molar-refractivity contribution in [2.24, 2.45) is 18.9 Å². The average Bonchev–Trinajstić information content (AvgIpc) is 2.55. The predicted octanol–water partition coefficient (Wildman–Crippen LogP) is 1.13.